The highest BCUT2D eigenvalue weighted by atomic mass is 16.2. The van der Waals surface area contributed by atoms with Crippen LogP contribution in [0.2, 0.25) is 0 Å². The highest BCUT2D eigenvalue weighted by molar-refractivity contribution is 6.22. The maximum Gasteiger partial charge on any atom is 0.262 e. The number of likely N-dealkylation sites (tertiary alicyclic amines) is 1. The number of hydrogen-bond donors (Lipinski definition) is 1. The Balaban J connectivity index is 1.66. The number of nitrogens with zero attached hydrogens (tertiary/aromatic N) is 2. The Labute approximate surface area is 141 Å². The number of amides is 3. The predicted molar refractivity (Wildman–Crippen MR) is 89.5 cm³/mol. The zero-order chi connectivity index (χ0) is 17.4. The van der Waals surface area contributed by atoms with Crippen LogP contribution in [-0.2, 0) is 4.79 Å². The van der Waals surface area contributed by atoms with Gasteiger partial charge in [-0.2, -0.15) is 0 Å². The monoisotopic (exact) mass is 329 g/mol. The number of imide groups is 1. The highest BCUT2D eigenvalue weighted by Gasteiger charge is 2.37. The lowest BCUT2D eigenvalue weighted by atomic mass is 9.91. The van der Waals surface area contributed by atoms with Crippen molar-refractivity contribution < 1.29 is 14.4 Å². The van der Waals surface area contributed by atoms with Crippen molar-refractivity contribution in [1.29, 1.82) is 0 Å². The molecule has 0 radical (unpaired) electrons. The topological polar surface area (TPSA) is 83.7 Å². The van der Waals surface area contributed by atoms with Crippen LogP contribution in [0.4, 0.5) is 0 Å². The van der Waals surface area contributed by atoms with Crippen molar-refractivity contribution in [1.82, 2.24) is 9.80 Å². The first-order valence-electron chi connectivity index (χ1n) is 8.38. The second-order valence-corrected chi connectivity index (χ2v) is 6.82. The molecule has 2 aliphatic heterocycles. The molecule has 2 aliphatic rings. The summed E-state index contributed by atoms with van der Waals surface area (Å²) in [5.74, 6) is -0.507. The second kappa shape index (κ2) is 6.36. The van der Waals surface area contributed by atoms with Gasteiger partial charge in [0.15, 0.2) is 0 Å². The number of aryl methyl sites for hydroxylation is 1. The molecule has 3 amide bonds. The quantitative estimate of drug-likeness (QED) is 0.844. The van der Waals surface area contributed by atoms with Crippen molar-refractivity contribution in [3.63, 3.8) is 0 Å². The zero-order valence-corrected chi connectivity index (χ0v) is 14.1. The van der Waals surface area contributed by atoms with E-state index in [0.29, 0.717) is 30.1 Å². The third kappa shape index (κ3) is 2.94. The van der Waals surface area contributed by atoms with Crippen LogP contribution in [0.25, 0.3) is 0 Å². The molecule has 0 aromatic heterocycles. The molecular formula is C18H23N3O3. The second-order valence-electron chi connectivity index (χ2n) is 6.82. The molecule has 128 valence electrons. The van der Waals surface area contributed by atoms with Gasteiger partial charge in [0.2, 0.25) is 5.91 Å². The van der Waals surface area contributed by atoms with E-state index in [9.17, 15) is 14.4 Å². The van der Waals surface area contributed by atoms with Gasteiger partial charge in [-0.1, -0.05) is 11.6 Å². The van der Waals surface area contributed by atoms with E-state index in [1.165, 1.54) is 0 Å². The van der Waals surface area contributed by atoms with Crippen LogP contribution in [0.3, 0.4) is 0 Å². The first-order valence-corrected chi connectivity index (χ1v) is 8.38. The summed E-state index contributed by atoms with van der Waals surface area (Å²) in [6.07, 6.45) is 1.73. The van der Waals surface area contributed by atoms with E-state index in [2.05, 4.69) is 0 Å². The van der Waals surface area contributed by atoms with Crippen LogP contribution < -0.4 is 5.73 Å². The predicted octanol–water partition coefficient (Wildman–Crippen LogP) is 1.18. The van der Waals surface area contributed by atoms with Gasteiger partial charge in [0.1, 0.15) is 6.54 Å². The number of hydrogen-bond acceptors (Lipinski definition) is 4. The molecule has 2 heterocycles. The first kappa shape index (κ1) is 16.6. The van der Waals surface area contributed by atoms with Crippen LogP contribution in [0.5, 0.6) is 0 Å². The summed E-state index contributed by atoms with van der Waals surface area (Å²) in [5.41, 5.74) is 7.61. The average molecular weight is 329 g/mol. The van der Waals surface area contributed by atoms with Gasteiger partial charge >= 0.3 is 0 Å². The molecular weight excluding hydrogens is 306 g/mol. The standard InChI is InChI=1S/C18H23N3O3/c1-11-3-4-14-15(9-11)18(24)21(17(14)23)10-16(22)20-7-5-13(6-8-20)12(2)19/h3-4,9,12-13H,5-8,10,19H2,1-2H3. The lowest BCUT2D eigenvalue weighted by Gasteiger charge is -2.34. The molecule has 0 aliphatic carbocycles. The summed E-state index contributed by atoms with van der Waals surface area (Å²) in [4.78, 5) is 40.1. The Hall–Kier alpha value is -2.21. The van der Waals surface area contributed by atoms with E-state index in [1.54, 1.807) is 23.1 Å². The van der Waals surface area contributed by atoms with Gasteiger partial charge in [-0.05, 0) is 44.7 Å². The van der Waals surface area contributed by atoms with E-state index in [4.69, 9.17) is 5.73 Å². The van der Waals surface area contributed by atoms with E-state index in [-0.39, 0.29) is 30.3 Å². The first-order chi connectivity index (χ1) is 11.4. The van der Waals surface area contributed by atoms with E-state index >= 15 is 0 Å². The van der Waals surface area contributed by atoms with Crippen molar-refractivity contribution >= 4 is 17.7 Å². The van der Waals surface area contributed by atoms with Crippen LogP contribution in [0.15, 0.2) is 18.2 Å². The van der Waals surface area contributed by atoms with Crippen LogP contribution >= 0.6 is 0 Å². The van der Waals surface area contributed by atoms with Gasteiger partial charge in [0.05, 0.1) is 11.1 Å². The van der Waals surface area contributed by atoms with Gasteiger partial charge in [0.25, 0.3) is 11.8 Å². The van der Waals surface area contributed by atoms with Crippen molar-refractivity contribution in [2.75, 3.05) is 19.6 Å². The number of carbonyl (C=O) groups excluding carboxylic acids is 3. The molecule has 3 rings (SSSR count). The maximum atomic E-state index is 12.5. The number of piperidine rings is 1. The lowest BCUT2D eigenvalue weighted by molar-refractivity contribution is -0.132. The molecule has 1 aromatic carbocycles. The Morgan fingerprint density at radius 3 is 2.46 bits per heavy atom. The van der Waals surface area contributed by atoms with Crippen molar-refractivity contribution in [2.24, 2.45) is 11.7 Å². The van der Waals surface area contributed by atoms with E-state index < -0.39 is 0 Å². The van der Waals surface area contributed by atoms with Gasteiger partial charge in [0, 0.05) is 19.1 Å². The normalized spacial score (nSPS) is 19.6. The van der Waals surface area contributed by atoms with Crippen molar-refractivity contribution in [3.05, 3.63) is 34.9 Å². The molecule has 1 saturated heterocycles. The van der Waals surface area contributed by atoms with Gasteiger partial charge in [-0.15, -0.1) is 0 Å². The lowest BCUT2D eigenvalue weighted by Crippen LogP contribution is -2.47. The number of nitrogens with two attached hydrogens (primary N) is 1. The van der Waals surface area contributed by atoms with Crippen molar-refractivity contribution in [3.8, 4) is 0 Å². The minimum atomic E-state index is -0.381. The van der Waals surface area contributed by atoms with E-state index in [1.807, 2.05) is 13.8 Å². The fraction of sp³-hybridized carbons (Fsp3) is 0.500. The summed E-state index contributed by atoms with van der Waals surface area (Å²) in [6, 6.07) is 5.29. The van der Waals surface area contributed by atoms with Crippen molar-refractivity contribution in [2.45, 2.75) is 32.7 Å². The van der Waals surface area contributed by atoms with Gasteiger partial charge in [-0.25, -0.2) is 0 Å². The zero-order valence-electron chi connectivity index (χ0n) is 14.1. The summed E-state index contributed by atoms with van der Waals surface area (Å²) in [7, 11) is 0. The van der Waals surface area contributed by atoms with E-state index in [0.717, 1.165) is 23.3 Å². The smallest absolute Gasteiger partial charge is 0.262 e. The number of fused-ring (bicyclic) bond motifs is 1. The van der Waals surface area contributed by atoms with Crippen LogP contribution in [-0.4, -0.2) is 53.2 Å². The number of benzene rings is 1. The summed E-state index contributed by atoms with van der Waals surface area (Å²) in [5, 5.41) is 0. The minimum Gasteiger partial charge on any atom is -0.341 e. The number of carbonyl (C=O) groups is 3. The molecule has 0 spiro atoms. The molecule has 0 bridgehead atoms. The molecule has 1 aromatic rings. The molecule has 1 fully saturated rings. The van der Waals surface area contributed by atoms with Crippen LogP contribution in [0, 0.1) is 12.8 Å². The molecule has 6 heteroatoms. The Morgan fingerprint density at radius 2 is 1.83 bits per heavy atom. The average Bonchev–Trinajstić information content (AvgIpc) is 2.79. The third-order valence-corrected chi connectivity index (χ3v) is 5.06. The largest absolute Gasteiger partial charge is 0.341 e. The molecule has 6 nitrogen and oxygen atoms in total. The molecule has 2 N–H and O–H groups in total. The summed E-state index contributed by atoms with van der Waals surface area (Å²) < 4.78 is 0. The maximum absolute atomic E-state index is 12.5. The SMILES string of the molecule is Cc1ccc2c(c1)C(=O)N(CC(=O)N1CCC(C(C)N)CC1)C2=O. The highest BCUT2D eigenvalue weighted by Crippen LogP contribution is 2.25. The Kier molecular flexibility index (Phi) is 4.41. The minimum absolute atomic E-state index is 0.127. The molecule has 0 saturated carbocycles. The van der Waals surface area contributed by atoms with Gasteiger partial charge in [-0.3, -0.25) is 19.3 Å². The number of rotatable bonds is 3. The summed E-state index contributed by atoms with van der Waals surface area (Å²) in [6.45, 7) is 4.94. The summed E-state index contributed by atoms with van der Waals surface area (Å²) >= 11 is 0. The molecule has 1 unspecified atom stereocenters. The van der Waals surface area contributed by atoms with Crippen LogP contribution in [0.1, 0.15) is 46.0 Å². The molecule has 1 atom stereocenters. The third-order valence-electron chi connectivity index (χ3n) is 5.06. The van der Waals surface area contributed by atoms with Gasteiger partial charge < -0.3 is 10.6 Å². The fourth-order valence-electron chi connectivity index (χ4n) is 3.46. The molecule has 24 heavy (non-hydrogen) atoms. The fourth-order valence-corrected chi connectivity index (χ4v) is 3.46. The Morgan fingerprint density at radius 1 is 1.21 bits per heavy atom. The Bertz CT molecular complexity index is 691.